The van der Waals surface area contributed by atoms with Crippen molar-refractivity contribution in [2.24, 2.45) is 0 Å². The van der Waals surface area contributed by atoms with Crippen molar-refractivity contribution in [1.29, 1.82) is 0 Å². The van der Waals surface area contributed by atoms with Crippen LogP contribution in [0.5, 0.6) is 0 Å². The fourth-order valence-corrected chi connectivity index (χ4v) is 3.15. The van der Waals surface area contributed by atoms with Crippen LogP contribution in [0.4, 0.5) is 0 Å². The molecule has 5 nitrogen and oxygen atoms in total. The molecule has 0 spiro atoms. The van der Waals surface area contributed by atoms with Gasteiger partial charge in [-0.15, -0.1) is 0 Å². The maximum absolute atomic E-state index is 11.9. The monoisotopic (exact) mass is 249 g/mol. The Balaban J connectivity index is 2.36. The van der Waals surface area contributed by atoms with E-state index in [0.29, 0.717) is 6.54 Å². The average Bonchev–Trinajstić information content (AvgIpc) is 2.70. The van der Waals surface area contributed by atoms with E-state index in [4.69, 9.17) is 0 Å². The van der Waals surface area contributed by atoms with Gasteiger partial charge in [0.1, 0.15) is 0 Å². The zero-order chi connectivity index (χ0) is 12.0. The second-order valence-corrected chi connectivity index (χ2v) is 6.19. The van der Waals surface area contributed by atoms with Gasteiger partial charge in [0.15, 0.2) is 0 Å². The second-order valence-electron chi connectivity index (χ2n) is 4.38. The third kappa shape index (κ3) is 4.37. The zero-order valence-corrected chi connectivity index (χ0v) is 11.0. The Kier molecular flexibility index (Phi) is 5.68. The van der Waals surface area contributed by atoms with Gasteiger partial charge < -0.3 is 5.32 Å². The van der Waals surface area contributed by atoms with Crippen molar-refractivity contribution in [2.75, 3.05) is 27.2 Å². The highest BCUT2D eigenvalue weighted by molar-refractivity contribution is 7.87. The van der Waals surface area contributed by atoms with Crippen LogP contribution in [0.25, 0.3) is 0 Å². The number of hydrogen-bond donors (Lipinski definition) is 2. The summed E-state index contributed by atoms with van der Waals surface area (Å²) in [5.41, 5.74) is 0. The SMILES string of the molecule is CNCCCN(C)S(=O)(=O)NC1CCCC1. The van der Waals surface area contributed by atoms with E-state index in [2.05, 4.69) is 10.0 Å². The van der Waals surface area contributed by atoms with Gasteiger partial charge >= 0.3 is 0 Å². The van der Waals surface area contributed by atoms with Crippen LogP contribution in [0, 0.1) is 0 Å². The molecule has 0 bridgehead atoms. The Morgan fingerprint density at radius 2 is 1.94 bits per heavy atom. The fraction of sp³-hybridized carbons (Fsp3) is 1.00. The topological polar surface area (TPSA) is 61.4 Å². The Bertz CT molecular complexity index is 286. The van der Waals surface area contributed by atoms with Gasteiger partial charge in [0.25, 0.3) is 10.2 Å². The van der Waals surface area contributed by atoms with Crippen molar-refractivity contribution < 1.29 is 8.42 Å². The summed E-state index contributed by atoms with van der Waals surface area (Å²) in [5.74, 6) is 0. The summed E-state index contributed by atoms with van der Waals surface area (Å²) >= 11 is 0. The van der Waals surface area contributed by atoms with Crippen LogP contribution in [0.2, 0.25) is 0 Å². The average molecular weight is 249 g/mol. The molecule has 0 saturated heterocycles. The Hall–Kier alpha value is -0.170. The molecule has 0 amide bonds. The quantitative estimate of drug-likeness (QED) is 0.638. The summed E-state index contributed by atoms with van der Waals surface area (Å²) in [7, 11) is 0.230. The number of nitrogens with zero attached hydrogens (tertiary/aromatic N) is 1. The van der Waals surface area contributed by atoms with Gasteiger partial charge in [0, 0.05) is 19.6 Å². The predicted molar refractivity (Wildman–Crippen MR) is 65.5 cm³/mol. The van der Waals surface area contributed by atoms with Crippen LogP contribution >= 0.6 is 0 Å². The van der Waals surface area contributed by atoms with Crippen LogP contribution in [0.15, 0.2) is 0 Å². The van der Waals surface area contributed by atoms with E-state index in [1.54, 1.807) is 7.05 Å². The maximum atomic E-state index is 11.9. The smallest absolute Gasteiger partial charge is 0.279 e. The lowest BCUT2D eigenvalue weighted by Crippen LogP contribution is -2.43. The minimum Gasteiger partial charge on any atom is -0.320 e. The molecule has 0 radical (unpaired) electrons. The van der Waals surface area contributed by atoms with E-state index in [0.717, 1.165) is 38.6 Å². The van der Waals surface area contributed by atoms with Crippen LogP contribution in [-0.4, -0.2) is 45.9 Å². The van der Waals surface area contributed by atoms with Gasteiger partial charge in [-0.25, -0.2) is 0 Å². The highest BCUT2D eigenvalue weighted by atomic mass is 32.2. The Labute approximate surface area is 98.8 Å². The summed E-state index contributed by atoms with van der Waals surface area (Å²) in [4.78, 5) is 0. The highest BCUT2D eigenvalue weighted by Crippen LogP contribution is 2.18. The number of nitrogens with one attached hydrogen (secondary N) is 2. The molecule has 1 fully saturated rings. The van der Waals surface area contributed by atoms with Gasteiger partial charge in [-0.05, 0) is 32.9 Å². The van der Waals surface area contributed by atoms with Gasteiger partial charge in [-0.3, -0.25) is 0 Å². The van der Waals surface area contributed by atoms with E-state index in [9.17, 15) is 8.42 Å². The minimum atomic E-state index is -3.27. The fourth-order valence-electron chi connectivity index (χ4n) is 1.94. The van der Waals surface area contributed by atoms with Crippen LogP contribution < -0.4 is 10.0 Å². The van der Waals surface area contributed by atoms with Gasteiger partial charge in [-0.1, -0.05) is 12.8 Å². The first-order valence-electron chi connectivity index (χ1n) is 5.94. The molecule has 0 aromatic carbocycles. The third-order valence-electron chi connectivity index (χ3n) is 2.98. The summed E-state index contributed by atoms with van der Waals surface area (Å²) < 4.78 is 27.9. The molecule has 0 aliphatic heterocycles. The Morgan fingerprint density at radius 1 is 1.31 bits per heavy atom. The first-order valence-corrected chi connectivity index (χ1v) is 7.38. The van der Waals surface area contributed by atoms with Gasteiger partial charge in [-0.2, -0.15) is 17.4 Å². The minimum absolute atomic E-state index is 0.150. The van der Waals surface area contributed by atoms with Crippen molar-refractivity contribution in [3.63, 3.8) is 0 Å². The molecule has 16 heavy (non-hydrogen) atoms. The maximum Gasteiger partial charge on any atom is 0.279 e. The molecule has 0 unspecified atom stereocenters. The van der Waals surface area contributed by atoms with Crippen molar-refractivity contribution in [1.82, 2.24) is 14.3 Å². The van der Waals surface area contributed by atoms with Crippen molar-refractivity contribution in [2.45, 2.75) is 38.1 Å². The van der Waals surface area contributed by atoms with Crippen LogP contribution in [-0.2, 0) is 10.2 Å². The number of rotatable bonds is 7. The van der Waals surface area contributed by atoms with Crippen LogP contribution in [0.3, 0.4) is 0 Å². The van der Waals surface area contributed by atoms with Crippen LogP contribution in [0.1, 0.15) is 32.1 Å². The third-order valence-corrected chi connectivity index (χ3v) is 4.62. The molecular formula is C10H23N3O2S. The van der Waals surface area contributed by atoms with E-state index >= 15 is 0 Å². The highest BCUT2D eigenvalue weighted by Gasteiger charge is 2.24. The van der Waals surface area contributed by atoms with Crippen molar-refractivity contribution >= 4 is 10.2 Å². The lowest BCUT2D eigenvalue weighted by atomic mass is 10.3. The van der Waals surface area contributed by atoms with E-state index in [-0.39, 0.29) is 6.04 Å². The van der Waals surface area contributed by atoms with E-state index < -0.39 is 10.2 Å². The van der Waals surface area contributed by atoms with Crippen molar-refractivity contribution in [3.05, 3.63) is 0 Å². The molecule has 1 rings (SSSR count). The van der Waals surface area contributed by atoms with Gasteiger partial charge in [0.05, 0.1) is 0 Å². The summed E-state index contributed by atoms with van der Waals surface area (Å²) in [6.45, 7) is 1.40. The molecule has 2 N–H and O–H groups in total. The van der Waals surface area contributed by atoms with E-state index in [1.807, 2.05) is 7.05 Å². The van der Waals surface area contributed by atoms with Gasteiger partial charge in [0.2, 0.25) is 0 Å². The molecule has 0 aromatic heterocycles. The molecule has 0 aromatic rings. The second kappa shape index (κ2) is 6.54. The first-order chi connectivity index (χ1) is 7.56. The summed E-state index contributed by atoms with van der Waals surface area (Å²) in [5, 5.41) is 3.01. The Morgan fingerprint density at radius 3 is 2.50 bits per heavy atom. The molecule has 0 atom stereocenters. The molecule has 0 heterocycles. The molecule has 1 aliphatic carbocycles. The van der Waals surface area contributed by atoms with E-state index in [1.165, 1.54) is 4.31 Å². The number of hydrogen-bond acceptors (Lipinski definition) is 3. The first kappa shape index (κ1) is 13.9. The molecule has 6 heteroatoms. The summed E-state index contributed by atoms with van der Waals surface area (Å²) in [6, 6.07) is 0.150. The molecular weight excluding hydrogens is 226 g/mol. The summed E-state index contributed by atoms with van der Waals surface area (Å²) in [6.07, 6.45) is 5.05. The predicted octanol–water partition coefficient (Wildman–Crippen LogP) is 0.305. The molecule has 96 valence electrons. The zero-order valence-electron chi connectivity index (χ0n) is 10.2. The molecule has 1 aliphatic rings. The largest absolute Gasteiger partial charge is 0.320 e. The molecule has 1 saturated carbocycles. The normalized spacial score (nSPS) is 18.4. The standard InChI is InChI=1S/C10H23N3O2S/c1-11-8-5-9-13(2)16(14,15)12-10-6-3-4-7-10/h10-12H,3-9H2,1-2H3. The van der Waals surface area contributed by atoms with Crippen molar-refractivity contribution in [3.8, 4) is 0 Å². The lowest BCUT2D eigenvalue weighted by Gasteiger charge is -2.20. The lowest BCUT2D eigenvalue weighted by molar-refractivity contribution is 0.437.